The van der Waals surface area contributed by atoms with E-state index in [1.165, 1.54) is 22.0 Å². The molecule has 0 aliphatic rings. The van der Waals surface area contributed by atoms with Crippen molar-refractivity contribution in [1.29, 1.82) is 0 Å². The summed E-state index contributed by atoms with van der Waals surface area (Å²) in [6.45, 7) is 2.11. The van der Waals surface area contributed by atoms with Crippen LogP contribution >= 0.6 is 11.5 Å². The molecule has 0 aliphatic heterocycles. The lowest BCUT2D eigenvalue weighted by molar-refractivity contribution is 0.414. The van der Waals surface area contributed by atoms with Gasteiger partial charge in [-0.3, -0.25) is 0 Å². The summed E-state index contributed by atoms with van der Waals surface area (Å²) in [4.78, 5) is 1.23. The third kappa shape index (κ3) is 3.30. The smallest absolute Gasteiger partial charge is 0.119 e. The molecule has 1 heterocycles. The average Bonchev–Trinajstić information content (AvgIpc) is 2.93. The fourth-order valence-corrected chi connectivity index (χ4v) is 2.93. The Morgan fingerprint density at radius 2 is 2.26 bits per heavy atom. The van der Waals surface area contributed by atoms with Crippen LogP contribution in [0.3, 0.4) is 0 Å². The van der Waals surface area contributed by atoms with Crippen LogP contribution in [0.25, 0.3) is 0 Å². The van der Waals surface area contributed by atoms with E-state index < -0.39 is 0 Å². The first-order valence-electron chi connectivity index (χ1n) is 6.39. The molecule has 0 radical (unpaired) electrons. The number of aromatic nitrogens is 2. The molecule has 19 heavy (non-hydrogen) atoms. The lowest BCUT2D eigenvalue weighted by Crippen LogP contribution is -2.19. The van der Waals surface area contributed by atoms with Gasteiger partial charge in [-0.25, -0.2) is 0 Å². The molecule has 1 atom stereocenters. The van der Waals surface area contributed by atoms with Gasteiger partial charge >= 0.3 is 0 Å². The number of nitrogens with one attached hydrogen (secondary N) is 1. The summed E-state index contributed by atoms with van der Waals surface area (Å²) >= 11 is 1.48. The third-order valence-corrected chi connectivity index (χ3v) is 4.04. The molecule has 0 saturated carbocycles. The zero-order chi connectivity index (χ0) is 13.7. The molecule has 0 bridgehead atoms. The summed E-state index contributed by atoms with van der Waals surface area (Å²) in [7, 11) is 3.67. The molecular weight excluding hydrogens is 258 g/mol. The van der Waals surface area contributed by atoms with E-state index in [2.05, 4.69) is 34.0 Å². The van der Waals surface area contributed by atoms with Gasteiger partial charge in [0.25, 0.3) is 0 Å². The Labute approximate surface area is 118 Å². The van der Waals surface area contributed by atoms with Crippen molar-refractivity contribution in [3.05, 3.63) is 40.4 Å². The number of benzene rings is 1. The highest BCUT2D eigenvalue weighted by Crippen LogP contribution is 2.25. The zero-order valence-corrected chi connectivity index (χ0v) is 12.3. The van der Waals surface area contributed by atoms with Crippen molar-refractivity contribution in [3.63, 3.8) is 0 Å². The van der Waals surface area contributed by atoms with Crippen molar-refractivity contribution in [3.8, 4) is 5.75 Å². The summed E-state index contributed by atoms with van der Waals surface area (Å²) in [5.74, 6) is 0.894. The molecule has 5 heteroatoms. The molecule has 0 saturated heterocycles. The predicted molar refractivity (Wildman–Crippen MR) is 77.8 cm³/mol. The van der Waals surface area contributed by atoms with Crippen LogP contribution in [-0.2, 0) is 12.8 Å². The van der Waals surface area contributed by atoms with Gasteiger partial charge in [0.15, 0.2) is 0 Å². The lowest BCUT2D eigenvalue weighted by atomic mass is 10.0. The molecule has 2 aromatic rings. The first-order chi connectivity index (χ1) is 9.28. The number of aryl methyl sites for hydroxylation is 1. The third-order valence-electron chi connectivity index (χ3n) is 3.16. The zero-order valence-electron chi connectivity index (χ0n) is 11.5. The summed E-state index contributed by atoms with van der Waals surface area (Å²) in [5.41, 5.74) is 2.33. The van der Waals surface area contributed by atoms with E-state index >= 15 is 0 Å². The number of hydrogen-bond donors (Lipinski definition) is 1. The van der Waals surface area contributed by atoms with Gasteiger partial charge in [-0.1, -0.05) is 23.5 Å². The van der Waals surface area contributed by atoms with E-state index in [0.717, 1.165) is 24.3 Å². The van der Waals surface area contributed by atoms with Crippen LogP contribution in [0.15, 0.2) is 24.3 Å². The van der Waals surface area contributed by atoms with Gasteiger partial charge in [0.05, 0.1) is 17.7 Å². The molecule has 1 N–H and O–H groups in total. The Morgan fingerprint density at radius 1 is 1.42 bits per heavy atom. The molecular formula is C14H19N3OS. The topological polar surface area (TPSA) is 47.0 Å². The molecule has 1 aromatic carbocycles. The minimum atomic E-state index is 0.252. The van der Waals surface area contributed by atoms with Crippen LogP contribution in [0.5, 0.6) is 5.75 Å². The second-order valence-electron chi connectivity index (χ2n) is 4.33. The number of hydrogen-bond acceptors (Lipinski definition) is 5. The van der Waals surface area contributed by atoms with Gasteiger partial charge in [0.1, 0.15) is 5.75 Å². The normalized spacial score (nSPS) is 12.4. The Bertz CT molecular complexity index is 527. The van der Waals surface area contributed by atoms with E-state index in [9.17, 15) is 0 Å². The van der Waals surface area contributed by atoms with Crippen molar-refractivity contribution >= 4 is 11.5 Å². The van der Waals surface area contributed by atoms with Crippen molar-refractivity contribution in [1.82, 2.24) is 14.9 Å². The number of nitrogens with zero attached hydrogens (tertiary/aromatic N) is 2. The summed E-state index contributed by atoms with van der Waals surface area (Å²) in [6, 6.07) is 8.43. The molecule has 0 aliphatic carbocycles. The second-order valence-corrected chi connectivity index (χ2v) is 5.12. The second kappa shape index (κ2) is 6.63. The van der Waals surface area contributed by atoms with Gasteiger partial charge in [-0.2, -0.15) is 0 Å². The predicted octanol–water partition coefficient (Wildman–Crippen LogP) is 2.61. The fourth-order valence-electron chi connectivity index (χ4n) is 2.09. The molecule has 4 nitrogen and oxygen atoms in total. The summed E-state index contributed by atoms with van der Waals surface area (Å²) in [6.07, 6.45) is 1.83. The molecule has 1 unspecified atom stereocenters. The van der Waals surface area contributed by atoms with Gasteiger partial charge < -0.3 is 10.1 Å². The van der Waals surface area contributed by atoms with Crippen LogP contribution in [0.1, 0.15) is 29.1 Å². The van der Waals surface area contributed by atoms with Crippen molar-refractivity contribution in [2.24, 2.45) is 0 Å². The van der Waals surface area contributed by atoms with E-state index in [-0.39, 0.29) is 6.04 Å². The molecule has 0 spiro atoms. The highest BCUT2D eigenvalue weighted by Gasteiger charge is 2.17. The highest BCUT2D eigenvalue weighted by atomic mass is 32.1. The number of likely N-dealkylation sites (N-methyl/N-ethyl adjacent to an activating group) is 1. The Hall–Kier alpha value is -1.46. The van der Waals surface area contributed by atoms with Crippen LogP contribution in [0.2, 0.25) is 0 Å². The molecule has 0 amide bonds. The Balaban J connectivity index is 2.19. The van der Waals surface area contributed by atoms with Crippen LogP contribution in [-0.4, -0.2) is 23.7 Å². The average molecular weight is 277 g/mol. The monoisotopic (exact) mass is 277 g/mol. The van der Waals surface area contributed by atoms with Crippen molar-refractivity contribution in [2.45, 2.75) is 25.8 Å². The van der Waals surface area contributed by atoms with Crippen LogP contribution in [0.4, 0.5) is 0 Å². The van der Waals surface area contributed by atoms with Crippen molar-refractivity contribution in [2.75, 3.05) is 14.2 Å². The van der Waals surface area contributed by atoms with E-state index in [1.54, 1.807) is 7.11 Å². The minimum absolute atomic E-state index is 0.252. The first kappa shape index (κ1) is 14.0. The SMILES string of the molecule is CCc1nnsc1C(Cc1cccc(OC)c1)NC. The van der Waals surface area contributed by atoms with Gasteiger partial charge in [0.2, 0.25) is 0 Å². The van der Waals surface area contributed by atoms with Crippen LogP contribution < -0.4 is 10.1 Å². The minimum Gasteiger partial charge on any atom is -0.497 e. The number of ether oxygens (including phenoxy) is 1. The highest BCUT2D eigenvalue weighted by molar-refractivity contribution is 7.05. The molecule has 1 aromatic heterocycles. The quantitative estimate of drug-likeness (QED) is 0.881. The van der Waals surface area contributed by atoms with E-state index in [0.29, 0.717) is 0 Å². The van der Waals surface area contributed by atoms with E-state index in [1.807, 2.05) is 19.2 Å². The summed E-state index contributed by atoms with van der Waals surface area (Å²) < 4.78 is 9.33. The largest absolute Gasteiger partial charge is 0.497 e. The molecule has 0 fully saturated rings. The standard InChI is InChI=1S/C14H19N3OS/c1-4-12-14(19-17-16-12)13(15-2)9-10-6-5-7-11(8-10)18-3/h5-8,13,15H,4,9H2,1-3H3. The van der Waals surface area contributed by atoms with Gasteiger partial charge in [-0.05, 0) is 49.1 Å². The van der Waals surface area contributed by atoms with E-state index in [4.69, 9.17) is 4.74 Å². The van der Waals surface area contributed by atoms with Crippen molar-refractivity contribution < 1.29 is 4.74 Å². The Morgan fingerprint density at radius 3 is 2.95 bits per heavy atom. The first-order valence-corrected chi connectivity index (χ1v) is 7.17. The number of methoxy groups -OCH3 is 1. The maximum Gasteiger partial charge on any atom is 0.119 e. The summed E-state index contributed by atoms with van der Waals surface area (Å²) in [5, 5.41) is 7.54. The van der Waals surface area contributed by atoms with Gasteiger partial charge in [-0.15, -0.1) is 5.10 Å². The molecule has 102 valence electrons. The van der Waals surface area contributed by atoms with Gasteiger partial charge in [0, 0.05) is 6.04 Å². The maximum atomic E-state index is 5.26. The van der Waals surface area contributed by atoms with Crippen LogP contribution in [0, 0.1) is 0 Å². The molecule has 2 rings (SSSR count). The fraction of sp³-hybridized carbons (Fsp3) is 0.429. The Kier molecular flexibility index (Phi) is 4.87. The maximum absolute atomic E-state index is 5.26. The number of rotatable bonds is 6. The lowest BCUT2D eigenvalue weighted by Gasteiger charge is -2.15.